The van der Waals surface area contributed by atoms with Gasteiger partial charge in [-0.15, -0.1) is 0 Å². The Morgan fingerprint density at radius 1 is 1.08 bits per heavy atom. The SMILES string of the molecule is CC1=NN(c2ccccc2)C(=O)C1=C(C#N)c1ccc(N(C)C)cc1. The minimum Gasteiger partial charge on any atom is -0.378 e. The van der Waals surface area contributed by atoms with Gasteiger partial charge in [-0.1, -0.05) is 30.3 Å². The van der Waals surface area contributed by atoms with E-state index in [-0.39, 0.29) is 5.91 Å². The molecule has 5 nitrogen and oxygen atoms in total. The molecule has 3 rings (SSSR count). The number of hydrogen-bond acceptors (Lipinski definition) is 4. The Morgan fingerprint density at radius 2 is 1.72 bits per heavy atom. The molecule has 0 bridgehead atoms. The molecular weight excluding hydrogens is 312 g/mol. The van der Waals surface area contributed by atoms with Crippen molar-refractivity contribution < 1.29 is 4.79 Å². The van der Waals surface area contributed by atoms with Gasteiger partial charge in [-0.05, 0) is 36.8 Å². The molecule has 0 fully saturated rings. The normalized spacial score (nSPS) is 15.7. The fourth-order valence-corrected chi connectivity index (χ4v) is 2.73. The first-order valence-corrected chi connectivity index (χ1v) is 7.90. The molecule has 0 N–H and O–H groups in total. The van der Waals surface area contributed by atoms with Crippen LogP contribution < -0.4 is 9.91 Å². The standard InChI is InChI=1S/C20H18N4O/c1-14-19(20(25)24(22-14)17-7-5-4-6-8-17)18(13-21)15-9-11-16(12-10-15)23(2)3/h4-12H,1-3H3. The molecule has 0 saturated carbocycles. The minimum atomic E-state index is -0.281. The van der Waals surface area contributed by atoms with Crippen LogP contribution in [0.2, 0.25) is 0 Å². The number of hydrazone groups is 1. The zero-order valence-electron chi connectivity index (χ0n) is 14.4. The maximum absolute atomic E-state index is 12.9. The number of anilines is 2. The number of benzene rings is 2. The fraction of sp³-hybridized carbons (Fsp3) is 0.150. The van der Waals surface area contributed by atoms with Crippen LogP contribution in [-0.4, -0.2) is 25.7 Å². The van der Waals surface area contributed by atoms with E-state index in [9.17, 15) is 10.1 Å². The molecule has 0 spiro atoms. The number of carbonyl (C=O) groups is 1. The fourth-order valence-electron chi connectivity index (χ4n) is 2.73. The quantitative estimate of drug-likeness (QED) is 0.640. The van der Waals surface area contributed by atoms with Crippen molar-refractivity contribution in [1.82, 2.24) is 0 Å². The van der Waals surface area contributed by atoms with E-state index < -0.39 is 0 Å². The second kappa shape index (κ2) is 6.62. The summed E-state index contributed by atoms with van der Waals surface area (Å²) in [6.07, 6.45) is 0. The van der Waals surface area contributed by atoms with Crippen molar-refractivity contribution in [2.45, 2.75) is 6.92 Å². The monoisotopic (exact) mass is 330 g/mol. The number of nitriles is 1. The Labute approximate surface area is 147 Å². The van der Waals surface area contributed by atoms with Crippen molar-refractivity contribution in [2.24, 2.45) is 5.10 Å². The van der Waals surface area contributed by atoms with Crippen LogP contribution in [0.4, 0.5) is 11.4 Å². The molecule has 124 valence electrons. The Bertz CT molecular complexity index is 903. The summed E-state index contributed by atoms with van der Waals surface area (Å²) in [5.74, 6) is -0.281. The van der Waals surface area contributed by atoms with Crippen molar-refractivity contribution in [1.29, 1.82) is 5.26 Å². The smallest absolute Gasteiger partial charge is 0.281 e. The Kier molecular flexibility index (Phi) is 4.36. The van der Waals surface area contributed by atoms with Crippen molar-refractivity contribution in [3.05, 3.63) is 65.7 Å². The number of carbonyl (C=O) groups excluding carboxylic acids is 1. The number of nitrogens with zero attached hydrogens (tertiary/aromatic N) is 4. The first-order chi connectivity index (χ1) is 12.0. The van der Waals surface area contributed by atoms with Gasteiger partial charge in [0.15, 0.2) is 0 Å². The predicted octanol–water partition coefficient (Wildman–Crippen LogP) is 3.45. The minimum absolute atomic E-state index is 0.281. The van der Waals surface area contributed by atoms with Crippen LogP contribution in [-0.2, 0) is 4.79 Å². The first-order valence-electron chi connectivity index (χ1n) is 7.90. The summed E-state index contributed by atoms with van der Waals surface area (Å²) in [5.41, 5.74) is 3.66. The van der Waals surface area contributed by atoms with Crippen LogP contribution in [0.5, 0.6) is 0 Å². The van der Waals surface area contributed by atoms with Crippen LogP contribution in [0.15, 0.2) is 65.3 Å². The van der Waals surface area contributed by atoms with Crippen LogP contribution in [0, 0.1) is 11.3 Å². The van der Waals surface area contributed by atoms with E-state index in [4.69, 9.17) is 0 Å². The third-order valence-corrected chi connectivity index (χ3v) is 4.05. The van der Waals surface area contributed by atoms with Gasteiger partial charge in [0, 0.05) is 19.8 Å². The van der Waals surface area contributed by atoms with Gasteiger partial charge in [0.05, 0.1) is 22.5 Å². The van der Waals surface area contributed by atoms with Crippen molar-refractivity contribution in [3.63, 3.8) is 0 Å². The van der Waals surface area contributed by atoms with Crippen molar-refractivity contribution >= 4 is 28.6 Å². The lowest BCUT2D eigenvalue weighted by molar-refractivity contribution is -0.114. The number of para-hydroxylation sites is 1. The largest absolute Gasteiger partial charge is 0.378 e. The molecular formula is C20H18N4O. The van der Waals surface area contributed by atoms with E-state index in [1.807, 2.05) is 73.6 Å². The van der Waals surface area contributed by atoms with Gasteiger partial charge in [-0.3, -0.25) is 4.79 Å². The van der Waals surface area contributed by atoms with Crippen LogP contribution in [0.1, 0.15) is 12.5 Å². The molecule has 0 saturated heterocycles. The van der Waals surface area contributed by atoms with E-state index in [0.29, 0.717) is 28.1 Å². The van der Waals surface area contributed by atoms with Gasteiger partial charge < -0.3 is 4.90 Å². The zero-order chi connectivity index (χ0) is 18.0. The highest BCUT2D eigenvalue weighted by Gasteiger charge is 2.32. The first kappa shape index (κ1) is 16.5. The van der Waals surface area contributed by atoms with Crippen LogP contribution >= 0.6 is 0 Å². The lowest BCUT2D eigenvalue weighted by atomic mass is 9.98. The average molecular weight is 330 g/mol. The summed E-state index contributed by atoms with van der Waals surface area (Å²) >= 11 is 0. The summed E-state index contributed by atoms with van der Waals surface area (Å²) in [5, 5.41) is 15.4. The van der Waals surface area contributed by atoms with Crippen LogP contribution in [0.3, 0.4) is 0 Å². The van der Waals surface area contributed by atoms with Gasteiger partial charge in [0.25, 0.3) is 5.91 Å². The molecule has 5 heteroatoms. The lowest BCUT2D eigenvalue weighted by Gasteiger charge is -2.13. The molecule has 0 aliphatic carbocycles. The second-order valence-electron chi connectivity index (χ2n) is 5.94. The summed E-state index contributed by atoms with van der Waals surface area (Å²) in [6, 6.07) is 18.9. The summed E-state index contributed by atoms with van der Waals surface area (Å²) < 4.78 is 0. The molecule has 0 aromatic heterocycles. The molecule has 1 heterocycles. The highest BCUT2D eigenvalue weighted by molar-refractivity contribution is 6.34. The summed E-state index contributed by atoms with van der Waals surface area (Å²) in [4.78, 5) is 14.8. The summed E-state index contributed by atoms with van der Waals surface area (Å²) in [6.45, 7) is 1.75. The Morgan fingerprint density at radius 3 is 2.28 bits per heavy atom. The molecule has 25 heavy (non-hydrogen) atoms. The number of hydrogen-bond donors (Lipinski definition) is 0. The number of amides is 1. The molecule has 1 aliphatic rings. The Balaban J connectivity index is 2.04. The second-order valence-corrected chi connectivity index (χ2v) is 5.94. The highest BCUT2D eigenvalue weighted by atomic mass is 16.2. The average Bonchev–Trinajstić information content (AvgIpc) is 2.92. The van der Waals surface area contributed by atoms with Crippen molar-refractivity contribution in [3.8, 4) is 6.07 Å². The predicted molar refractivity (Wildman–Crippen MR) is 100 cm³/mol. The zero-order valence-corrected chi connectivity index (χ0v) is 14.4. The maximum atomic E-state index is 12.9. The van der Waals surface area contributed by atoms with Gasteiger partial charge in [0.2, 0.25) is 0 Å². The van der Waals surface area contributed by atoms with Gasteiger partial charge in [-0.2, -0.15) is 15.4 Å². The van der Waals surface area contributed by atoms with Crippen LogP contribution in [0.25, 0.3) is 5.57 Å². The van der Waals surface area contributed by atoms with E-state index in [1.54, 1.807) is 6.92 Å². The van der Waals surface area contributed by atoms with Gasteiger partial charge >= 0.3 is 0 Å². The van der Waals surface area contributed by atoms with Gasteiger partial charge in [0.1, 0.15) is 6.07 Å². The third kappa shape index (κ3) is 3.02. The van der Waals surface area contributed by atoms with Crippen molar-refractivity contribution in [2.75, 3.05) is 24.0 Å². The Hall–Kier alpha value is -3.39. The topological polar surface area (TPSA) is 59.7 Å². The molecule has 0 radical (unpaired) electrons. The van der Waals surface area contributed by atoms with E-state index in [2.05, 4.69) is 11.2 Å². The van der Waals surface area contributed by atoms with E-state index >= 15 is 0 Å². The van der Waals surface area contributed by atoms with Gasteiger partial charge in [-0.25, -0.2) is 0 Å². The van der Waals surface area contributed by atoms with E-state index in [0.717, 1.165) is 5.69 Å². The molecule has 2 aromatic carbocycles. The molecule has 2 aromatic rings. The molecule has 0 unspecified atom stereocenters. The molecule has 1 aliphatic heterocycles. The number of rotatable bonds is 3. The number of allylic oxidation sites excluding steroid dienone is 1. The lowest BCUT2D eigenvalue weighted by Crippen LogP contribution is -2.22. The van der Waals surface area contributed by atoms with E-state index in [1.165, 1.54) is 5.01 Å². The molecule has 0 atom stereocenters. The summed E-state index contributed by atoms with van der Waals surface area (Å²) in [7, 11) is 3.90. The third-order valence-electron chi connectivity index (χ3n) is 4.05. The maximum Gasteiger partial charge on any atom is 0.281 e. The molecule has 1 amide bonds. The highest BCUT2D eigenvalue weighted by Crippen LogP contribution is 2.29.